The molecule has 2 rings (SSSR count). The number of nitrogens with one attached hydrogen (secondary N) is 1. The average molecular weight is 333 g/mol. The Morgan fingerprint density at radius 1 is 1.48 bits per heavy atom. The molecular formula is C13H17ClN2O4S. The molecule has 1 atom stereocenters. The highest BCUT2D eigenvalue weighted by Crippen LogP contribution is 2.25. The van der Waals surface area contributed by atoms with Crippen LogP contribution in [0.3, 0.4) is 0 Å². The van der Waals surface area contributed by atoms with Crippen LogP contribution in [0, 0.1) is 0 Å². The molecular weight excluding hydrogens is 316 g/mol. The lowest BCUT2D eigenvalue weighted by Crippen LogP contribution is -2.16. The molecule has 0 bridgehead atoms. The number of amides is 1. The van der Waals surface area contributed by atoms with Gasteiger partial charge in [0.25, 0.3) is 0 Å². The van der Waals surface area contributed by atoms with Crippen molar-refractivity contribution in [1.82, 2.24) is 0 Å². The van der Waals surface area contributed by atoms with Gasteiger partial charge in [0.1, 0.15) is 0 Å². The largest absolute Gasteiger partial charge is 0.378 e. The summed E-state index contributed by atoms with van der Waals surface area (Å²) in [4.78, 5) is 11.7. The maximum Gasteiger partial charge on any atom is 0.238 e. The molecule has 0 aromatic heterocycles. The highest BCUT2D eigenvalue weighted by atomic mass is 35.5. The lowest BCUT2D eigenvalue weighted by Gasteiger charge is -2.11. The molecule has 0 radical (unpaired) electrons. The van der Waals surface area contributed by atoms with Gasteiger partial charge in [0.2, 0.25) is 15.9 Å². The van der Waals surface area contributed by atoms with E-state index < -0.39 is 10.0 Å². The molecule has 0 spiro atoms. The van der Waals surface area contributed by atoms with E-state index in [0.29, 0.717) is 18.5 Å². The van der Waals surface area contributed by atoms with E-state index in [4.69, 9.17) is 21.5 Å². The van der Waals surface area contributed by atoms with Gasteiger partial charge in [-0.25, -0.2) is 13.6 Å². The number of primary sulfonamides is 1. The highest BCUT2D eigenvalue weighted by molar-refractivity contribution is 7.89. The summed E-state index contributed by atoms with van der Waals surface area (Å²) in [5.41, 5.74) is 0.362. The Kier molecular flexibility index (Phi) is 5.21. The molecule has 1 unspecified atom stereocenters. The third-order valence-corrected chi connectivity index (χ3v) is 4.48. The van der Waals surface area contributed by atoms with Crippen LogP contribution < -0.4 is 10.5 Å². The fraction of sp³-hybridized carbons (Fsp3) is 0.462. The number of carbonyl (C=O) groups excluding carboxylic acids is 1. The second kappa shape index (κ2) is 6.74. The van der Waals surface area contributed by atoms with Gasteiger partial charge in [-0.05, 0) is 37.5 Å². The molecule has 1 aromatic rings. The minimum absolute atomic E-state index is 0.0927. The van der Waals surface area contributed by atoms with Gasteiger partial charge in [-0.3, -0.25) is 4.79 Å². The number of anilines is 1. The second-order valence-corrected chi connectivity index (χ2v) is 6.88. The zero-order chi connectivity index (χ0) is 15.5. The van der Waals surface area contributed by atoms with Gasteiger partial charge in [-0.15, -0.1) is 0 Å². The minimum Gasteiger partial charge on any atom is -0.378 e. The first-order valence-corrected chi connectivity index (χ1v) is 8.52. The van der Waals surface area contributed by atoms with E-state index in [0.717, 1.165) is 19.4 Å². The van der Waals surface area contributed by atoms with Crippen LogP contribution in [0.15, 0.2) is 23.1 Å². The van der Waals surface area contributed by atoms with Crippen LogP contribution in [-0.4, -0.2) is 27.0 Å². The number of nitrogens with two attached hydrogens (primary N) is 1. The predicted octanol–water partition coefficient (Wildman–Crippen LogP) is 1.89. The molecule has 1 heterocycles. The molecule has 116 valence electrons. The SMILES string of the molecule is NS(=O)(=O)c1ccc(NC(=O)CCC2CCCO2)c(Cl)c1. The minimum atomic E-state index is -3.81. The molecule has 1 aliphatic heterocycles. The Balaban J connectivity index is 1.94. The van der Waals surface area contributed by atoms with Crippen molar-refractivity contribution in [3.63, 3.8) is 0 Å². The molecule has 1 aliphatic rings. The van der Waals surface area contributed by atoms with E-state index in [1.165, 1.54) is 18.2 Å². The van der Waals surface area contributed by atoms with Crippen molar-refractivity contribution in [3.8, 4) is 0 Å². The Morgan fingerprint density at radius 3 is 2.81 bits per heavy atom. The topological polar surface area (TPSA) is 98.5 Å². The van der Waals surface area contributed by atoms with Crippen molar-refractivity contribution in [2.75, 3.05) is 11.9 Å². The second-order valence-electron chi connectivity index (χ2n) is 4.91. The van der Waals surface area contributed by atoms with Crippen LogP contribution in [0.4, 0.5) is 5.69 Å². The van der Waals surface area contributed by atoms with Crippen LogP contribution in [0.25, 0.3) is 0 Å². The summed E-state index contributed by atoms with van der Waals surface area (Å²) in [7, 11) is -3.81. The average Bonchev–Trinajstić information content (AvgIpc) is 2.91. The van der Waals surface area contributed by atoms with E-state index in [-0.39, 0.29) is 21.9 Å². The number of sulfonamides is 1. The fourth-order valence-corrected chi connectivity index (χ4v) is 2.98. The van der Waals surface area contributed by atoms with E-state index in [1.807, 2.05) is 0 Å². The summed E-state index contributed by atoms with van der Waals surface area (Å²) >= 11 is 5.95. The summed E-state index contributed by atoms with van der Waals surface area (Å²) in [6, 6.07) is 3.94. The first kappa shape index (κ1) is 16.2. The van der Waals surface area contributed by atoms with E-state index in [1.54, 1.807) is 0 Å². The maximum absolute atomic E-state index is 11.8. The van der Waals surface area contributed by atoms with Crippen molar-refractivity contribution in [2.45, 2.75) is 36.7 Å². The van der Waals surface area contributed by atoms with E-state index in [2.05, 4.69) is 5.32 Å². The molecule has 0 aliphatic carbocycles. The first-order valence-electron chi connectivity index (χ1n) is 6.60. The van der Waals surface area contributed by atoms with Gasteiger partial charge in [0.05, 0.1) is 21.7 Å². The molecule has 1 amide bonds. The Bertz CT molecular complexity index is 627. The number of ether oxygens (including phenoxy) is 1. The number of hydrogen-bond acceptors (Lipinski definition) is 4. The third kappa shape index (κ3) is 4.67. The molecule has 1 fully saturated rings. The lowest BCUT2D eigenvalue weighted by molar-refractivity contribution is -0.116. The van der Waals surface area contributed by atoms with Crippen LogP contribution in [0.5, 0.6) is 0 Å². The number of hydrogen-bond donors (Lipinski definition) is 2. The maximum atomic E-state index is 11.8. The summed E-state index contributed by atoms with van der Waals surface area (Å²) in [6.45, 7) is 0.757. The number of halogens is 1. The normalized spacial score (nSPS) is 18.7. The van der Waals surface area contributed by atoms with E-state index >= 15 is 0 Å². The number of carbonyl (C=O) groups is 1. The molecule has 3 N–H and O–H groups in total. The molecule has 6 nitrogen and oxygen atoms in total. The summed E-state index contributed by atoms with van der Waals surface area (Å²) in [5.74, 6) is -0.184. The molecule has 1 aromatic carbocycles. The predicted molar refractivity (Wildman–Crippen MR) is 79.7 cm³/mol. The first-order chi connectivity index (χ1) is 9.86. The van der Waals surface area contributed by atoms with Gasteiger partial charge in [-0.2, -0.15) is 0 Å². The Hall–Kier alpha value is -1.15. The van der Waals surface area contributed by atoms with Crippen molar-refractivity contribution < 1.29 is 17.9 Å². The zero-order valence-electron chi connectivity index (χ0n) is 11.3. The summed E-state index contributed by atoms with van der Waals surface area (Å²) in [5, 5.41) is 7.79. The van der Waals surface area contributed by atoms with Gasteiger partial charge < -0.3 is 10.1 Å². The van der Waals surface area contributed by atoms with Gasteiger partial charge in [0.15, 0.2) is 0 Å². The van der Waals surface area contributed by atoms with Gasteiger partial charge in [-0.1, -0.05) is 11.6 Å². The smallest absolute Gasteiger partial charge is 0.238 e. The van der Waals surface area contributed by atoms with Crippen LogP contribution in [-0.2, 0) is 19.6 Å². The van der Waals surface area contributed by atoms with E-state index in [9.17, 15) is 13.2 Å². The standard InChI is InChI=1S/C13H17ClN2O4S/c14-11-8-10(21(15,18)19)4-5-12(11)16-13(17)6-3-9-2-1-7-20-9/h4-5,8-9H,1-3,6-7H2,(H,16,17)(H2,15,18,19). The lowest BCUT2D eigenvalue weighted by atomic mass is 10.1. The van der Waals surface area contributed by atoms with Crippen LogP contribution >= 0.6 is 11.6 Å². The number of benzene rings is 1. The Morgan fingerprint density at radius 2 is 2.24 bits per heavy atom. The Labute approximate surface area is 128 Å². The van der Waals surface area contributed by atoms with Crippen molar-refractivity contribution in [1.29, 1.82) is 0 Å². The van der Waals surface area contributed by atoms with Crippen LogP contribution in [0.2, 0.25) is 5.02 Å². The molecule has 8 heteroatoms. The molecule has 0 saturated carbocycles. The van der Waals surface area contributed by atoms with Crippen molar-refractivity contribution in [2.24, 2.45) is 5.14 Å². The molecule has 21 heavy (non-hydrogen) atoms. The van der Waals surface area contributed by atoms with Crippen LogP contribution in [0.1, 0.15) is 25.7 Å². The number of rotatable bonds is 5. The third-order valence-electron chi connectivity index (χ3n) is 3.26. The monoisotopic (exact) mass is 332 g/mol. The van der Waals surface area contributed by atoms with Gasteiger partial charge >= 0.3 is 0 Å². The van der Waals surface area contributed by atoms with Gasteiger partial charge in [0, 0.05) is 13.0 Å². The highest BCUT2D eigenvalue weighted by Gasteiger charge is 2.17. The molecule has 1 saturated heterocycles. The summed E-state index contributed by atoms with van der Waals surface area (Å²) < 4.78 is 27.8. The summed E-state index contributed by atoms with van der Waals surface area (Å²) in [6.07, 6.45) is 3.16. The zero-order valence-corrected chi connectivity index (χ0v) is 12.9. The van der Waals surface area contributed by atoms with Crippen molar-refractivity contribution in [3.05, 3.63) is 23.2 Å². The van der Waals surface area contributed by atoms with Crippen molar-refractivity contribution >= 4 is 33.2 Å². The quantitative estimate of drug-likeness (QED) is 0.860. The fourth-order valence-electron chi connectivity index (χ4n) is 2.15.